The van der Waals surface area contributed by atoms with Crippen LogP contribution in [-0.4, -0.2) is 42.5 Å². The predicted molar refractivity (Wildman–Crippen MR) is 97.5 cm³/mol. The number of carbonyl (C=O) groups excluding carboxylic acids is 1. The largest absolute Gasteiger partial charge is 0.497 e. The Morgan fingerprint density at radius 2 is 2.00 bits per heavy atom. The van der Waals surface area contributed by atoms with Crippen molar-refractivity contribution in [1.82, 2.24) is 15.2 Å². The number of carbonyl (C=O) groups is 1. The molecule has 0 saturated carbocycles. The number of pyridine rings is 1. The van der Waals surface area contributed by atoms with Crippen LogP contribution in [0.4, 0.5) is 4.39 Å². The van der Waals surface area contributed by atoms with Crippen LogP contribution >= 0.6 is 0 Å². The topological polar surface area (TPSA) is 54.5 Å². The highest BCUT2D eigenvalue weighted by Crippen LogP contribution is 2.20. The number of benzene rings is 1. The lowest BCUT2D eigenvalue weighted by molar-refractivity contribution is 0.0934. The van der Waals surface area contributed by atoms with E-state index in [9.17, 15) is 9.18 Å². The van der Waals surface area contributed by atoms with Gasteiger partial charge in [0.05, 0.1) is 7.11 Å². The van der Waals surface area contributed by atoms with Crippen LogP contribution in [0.2, 0.25) is 0 Å². The molecule has 26 heavy (non-hydrogen) atoms. The van der Waals surface area contributed by atoms with Gasteiger partial charge >= 0.3 is 0 Å². The second-order valence-corrected chi connectivity index (χ2v) is 6.64. The Labute approximate surface area is 153 Å². The fourth-order valence-electron chi connectivity index (χ4n) is 3.22. The summed E-state index contributed by atoms with van der Waals surface area (Å²) < 4.78 is 18.3. The van der Waals surface area contributed by atoms with Crippen molar-refractivity contribution < 1.29 is 13.9 Å². The van der Waals surface area contributed by atoms with Crippen molar-refractivity contribution in [1.29, 1.82) is 0 Å². The molecule has 0 radical (unpaired) electrons. The summed E-state index contributed by atoms with van der Waals surface area (Å²) in [5.41, 5.74) is 1.59. The molecule has 0 spiro atoms. The number of aromatic nitrogens is 1. The molecule has 1 fully saturated rings. The van der Waals surface area contributed by atoms with Crippen LogP contribution in [0.3, 0.4) is 0 Å². The fraction of sp³-hybridized carbons (Fsp3) is 0.400. The molecule has 2 heterocycles. The van der Waals surface area contributed by atoms with Crippen molar-refractivity contribution >= 4 is 5.91 Å². The number of rotatable bonds is 6. The number of amides is 1. The number of hydrogen-bond acceptors (Lipinski definition) is 4. The minimum Gasteiger partial charge on any atom is -0.497 e. The van der Waals surface area contributed by atoms with E-state index in [4.69, 9.17) is 4.74 Å². The van der Waals surface area contributed by atoms with Crippen molar-refractivity contribution in [2.45, 2.75) is 19.4 Å². The number of nitrogens with one attached hydrogen (secondary N) is 1. The van der Waals surface area contributed by atoms with E-state index in [0.29, 0.717) is 18.0 Å². The van der Waals surface area contributed by atoms with Crippen LogP contribution in [0.15, 0.2) is 42.6 Å². The van der Waals surface area contributed by atoms with Gasteiger partial charge in [-0.3, -0.25) is 9.69 Å². The van der Waals surface area contributed by atoms with Crippen LogP contribution in [0.25, 0.3) is 0 Å². The molecule has 0 unspecified atom stereocenters. The van der Waals surface area contributed by atoms with Crippen LogP contribution < -0.4 is 10.1 Å². The maximum Gasteiger partial charge on any atom is 0.251 e. The Morgan fingerprint density at radius 1 is 1.27 bits per heavy atom. The number of hydrogen-bond donors (Lipinski definition) is 1. The van der Waals surface area contributed by atoms with Crippen molar-refractivity contribution in [3.8, 4) is 5.75 Å². The van der Waals surface area contributed by atoms with E-state index >= 15 is 0 Å². The zero-order chi connectivity index (χ0) is 18.4. The zero-order valence-corrected chi connectivity index (χ0v) is 15.0. The molecule has 1 aliphatic heterocycles. The lowest BCUT2D eigenvalue weighted by Gasteiger charge is -2.32. The van der Waals surface area contributed by atoms with Gasteiger partial charge in [-0.1, -0.05) is 12.1 Å². The fourth-order valence-corrected chi connectivity index (χ4v) is 3.22. The second-order valence-electron chi connectivity index (χ2n) is 6.64. The van der Waals surface area contributed by atoms with Gasteiger partial charge in [-0.2, -0.15) is 4.39 Å². The van der Waals surface area contributed by atoms with Gasteiger partial charge in [0.1, 0.15) is 5.75 Å². The summed E-state index contributed by atoms with van der Waals surface area (Å²) in [6.45, 7) is 3.57. The lowest BCUT2D eigenvalue weighted by atomic mass is 9.96. The van der Waals surface area contributed by atoms with Crippen molar-refractivity contribution in [2.24, 2.45) is 5.92 Å². The molecule has 0 atom stereocenters. The third-order valence-electron chi connectivity index (χ3n) is 4.81. The third-order valence-corrected chi connectivity index (χ3v) is 4.81. The van der Waals surface area contributed by atoms with Gasteiger partial charge < -0.3 is 10.1 Å². The van der Waals surface area contributed by atoms with Gasteiger partial charge in [-0.25, -0.2) is 4.98 Å². The third kappa shape index (κ3) is 5.02. The Balaban J connectivity index is 1.41. The predicted octanol–water partition coefficient (Wildman–Crippen LogP) is 2.87. The summed E-state index contributed by atoms with van der Waals surface area (Å²) in [7, 11) is 1.67. The maximum absolute atomic E-state index is 13.1. The van der Waals surface area contributed by atoms with Gasteiger partial charge in [0.2, 0.25) is 5.95 Å². The first-order valence-corrected chi connectivity index (χ1v) is 8.89. The van der Waals surface area contributed by atoms with E-state index in [1.807, 2.05) is 12.1 Å². The maximum atomic E-state index is 13.1. The highest BCUT2D eigenvalue weighted by atomic mass is 19.1. The lowest BCUT2D eigenvalue weighted by Crippen LogP contribution is -2.38. The first-order chi connectivity index (χ1) is 12.6. The van der Waals surface area contributed by atoms with Crippen molar-refractivity contribution in [3.05, 3.63) is 59.7 Å². The molecule has 0 bridgehead atoms. The van der Waals surface area contributed by atoms with Gasteiger partial charge in [0.15, 0.2) is 0 Å². The normalized spacial score (nSPS) is 15.6. The van der Waals surface area contributed by atoms with Gasteiger partial charge in [-0.05, 0) is 55.6 Å². The number of nitrogens with zero attached hydrogens (tertiary/aromatic N) is 2. The first kappa shape index (κ1) is 18.3. The molecule has 1 saturated heterocycles. The summed E-state index contributed by atoms with van der Waals surface area (Å²) in [4.78, 5) is 18.0. The van der Waals surface area contributed by atoms with E-state index in [0.717, 1.165) is 44.3 Å². The number of ether oxygens (including phenoxy) is 1. The Morgan fingerprint density at radius 3 is 2.65 bits per heavy atom. The molecule has 2 aromatic rings. The van der Waals surface area contributed by atoms with E-state index < -0.39 is 5.95 Å². The van der Waals surface area contributed by atoms with Crippen LogP contribution in [0.1, 0.15) is 28.8 Å². The highest BCUT2D eigenvalue weighted by Gasteiger charge is 2.20. The molecular weight excluding hydrogens is 333 g/mol. The minimum atomic E-state index is -0.635. The van der Waals surface area contributed by atoms with Crippen molar-refractivity contribution in [2.75, 3.05) is 26.7 Å². The molecular formula is C20H24FN3O2. The SMILES string of the molecule is COc1ccc(CN2CCC(CNC(=O)c3ccnc(F)c3)CC2)cc1. The number of methoxy groups -OCH3 is 1. The highest BCUT2D eigenvalue weighted by molar-refractivity contribution is 5.93. The Kier molecular flexibility index (Phi) is 6.17. The molecule has 138 valence electrons. The molecule has 6 heteroatoms. The average Bonchev–Trinajstić information content (AvgIpc) is 2.68. The van der Waals surface area contributed by atoms with E-state index in [-0.39, 0.29) is 5.91 Å². The minimum absolute atomic E-state index is 0.244. The van der Waals surface area contributed by atoms with Crippen LogP contribution in [0.5, 0.6) is 5.75 Å². The van der Waals surface area contributed by atoms with E-state index in [1.54, 1.807) is 7.11 Å². The first-order valence-electron chi connectivity index (χ1n) is 8.89. The Hall–Kier alpha value is -2.47. The molecule has 1 aromatic carbocycles. The molecule has 1 aromatic heterocycles. The standard InChI is InChI=1S/C20H24FN3O2/c1-26-18-4-2-16(3-5-18)14-24-10-7-15(8-11-24)13-23-20(25)17-6-9-22-19(21)12-17/h2-6,9,12,15H,7-8,10-11,13-14H2,1H3,(H,23,25). The Bertz CT molecular complexity index is 728. The molecule has 3 rings (SSSR count). The number of piperidine rings is 1. The average molecular weight is 357 g/mol. The molecule has 5 nitrogen and oxygen atoms in total. The van der Waals surface area contributed by atoms with E-state index in [2.05, 4.69) is 27.3 Å². The molecule has 1 N–H and O–H groups in total. The van der Waals surface area contributed by atoms with Gasteiger partial charge in [-0.15, -0.1) is 0 Å². The summed E-state index contributed by atoms with van der Waals surface area (Å²) >= 11 is 0. The second kappa shape index (κ2) is 8.76. The van der Waals surface area contributed by atoms with Gasteiger partial charge in [0, 0.05) is 30.9 Å². The summed E-state index contributed by atoms with van der Waals surface area (Å²) in [5, 5.41) is 2.91. The monoisotopic (exact) mass is 357 g/mol. The van der Waals surface area contributed by atoms with Gasteiger partial charge in [0.25, 0.3) is 5.91 Å². The summed E-state index contributed by atoms with van der Waals surface area (Å²) in [6, 6.07) is 10.8. The number of halogens is 1. The summed E-state index contributed by atoms with van der Waals surface area (Å²) in [6.07, 6.45) is 3.39. The number of likely N-dealkylation sites (tertiary alicyclic amines) is 1. The molecule has 1 amide bonds. The van der Waals surface area contributed by atoms with Crippen LogP contribution in [0, 0.1) is 11.9 Å². The smallest absolute Gasteiger partial charge is 0.251 e. The summed E-state index contributed by atoms with van der Waals surface area (Å²) in [5.74, 6) is 0.450. The van der Waals surface area contributed by atoms with E-state index in [1.165, 1.54) is 17.8 Å². The molecule has 0 aliphatic carbocycles. The molecule has 1 aliphatic rings. The van der Waals surface area contributed by atoms with Crippen LogP contribution in [-0.2, 0) is 6.54 Å². The zero-order valence-electron chi connectivity index (χ0n) is 15.0. The van der Waals surface area contributed by atoms with Crippen molar-refractivity contribution in [3.63, 3.8) is 0 Å². The quantitative estimate of drug-likeness (QED) is 0.808.